The van der Waals surface area contributed by atoms with E-state index >= 15 is 0 Å². The minimum Gasteiger partial charge on any atom is -0.373 e. The lowest BCUT2D eigenvalue weighted by molar-refractivity contribution is -0.242. The van der Waals surface area contributed by atoms with E-state index in [1.165, 1.54) is 17.8 Å². The summed E-state index contributed by atoms with van der Waals surface area (Å²) >= 11 is 7.33. The molecule has 0 aliphatic rings. The molecule has 29 heavy (non-hydrogen) atoms. The first kappa shape index (κ1) is 23.5. The molecular formula is C18H17ClF3NO4S2. The van der Waals surface area contributed by atoms with E-state index in [9.17, 15) is 31.5 Å². The molecule has 1 amide bonds. The Morgan fingerprint density at radius 2 is 1.83 bits per heavy atom. The monoisotopic (exact) mass is 467 g/mol. The third-order valence-corrected chi connectivity index (χ3v) is 7.14. The summed E-state index contributed by atoms with van der Waals surface area (Å²) in [5, 5.41) is 11.0. The first-order valence-electron chi connectivity index (χ1n) is 8.19. The molecule has 0 heterocycles. The van der Waals surface area contributed by atoms with Crippen molar-refractivity contribution < 1.29 is 31.5 Å². The van der Waals surface area contributed by atoms with Crippen molar-refractivity contribution in [1.29, 1.82) is 0 Å². The standard InChI is InChI=1S/C18H17ClF3NO4S2/c1-3-28-14-6-4-5-7-15(14)29(26,27)11-8-9-13(12(19)10-11)23-16(24)17(2,25)18(20,21)22/h4-10,25H,3H2,1-2H3,(H,23,24)/t17-/m1/s1. The Hall–Kier alpha value is -1.75. The lowest BCUT2D eigenvalue weighted by Crippen LogP contribution is -2.52. The van der Waals surface area contributed by atoms with Gasteiger partial charge in [-0.3, -0.25) is 4.79 Å². The second kappa shape index (κ2) is 8.55. The van der Waals surface area contributed by atoms with Gasteiger partial charge in [-0.05, 0) is 43.0 Å². The smallest absolute Gasteiger partial charge is 0.373 e. The summed E-state index contributed by atoms with van der Waals surface area (Å²) in [6.45, 7) is 2.18. The second-order valence-electron chi connectivity index (χ2n) is 6.05. The van der Waals surface area contributed by atoms with Crippen molar-refractivity contribution in [3.63, 3.8) is 0 Å². The van der Waals surface area contributed by atoms with Gasteiger partial charge < -0.3 is 10.4 Å². The Kier molecular flexibility index (Phi) is 6.93. The van der Waals surface area contributed by atoms with Crippen LogP contribution in [0.15, 0.2) is 57.2 Å². The second-order valence-corrected chi connectivity index (χ2v) is 9.68. The normalized spacial score (nSPS) is 14.3. The van der Waals surface area contributed by atoms with Gasteiger partial charge in [-0.15, -0.1) is 11.8 Å². The minimum absolute atomic E-state index is 0.0692. The maximum absolute atomic E-state index is 13.0. The van der Waals surface area contributed by atoms with E-state index in [1.54, 1.807) is 18.2 Å². The van der Waals surface area contributed by atoms with E-state index < -0.39 is 27.5 Å². The summed E-state index contributed by atoms with van der Waals surface area (Å²) in [6.07, 6.45) is -5.20. The molecule has 2 aromatic rings. The van der Waals surface area contributed by atoms with Crippen molar-refractivity contribution in [2.24, 2.45) is 0 Å². The zero-order valence-corrected chi connectivity index (χ0v) is 17.6. The summed E-state index contributed by atoms with van der Waals surface area (Å²) < 4.78 is 64.2. The number of hydrogen-bond acceptors (Lipinski definition) is 5. The zero-order chi connectivity index (χ0) is 22.0. The van der Waals surface area contributed by atoms with Gasteiger partial charge in [0.05, 0.1) is 20.5 Å². The number of hydrogen-bond donors (Lipinski definition) is 2. The summed E-state index contributed by atoms with van der Waals surface area (Å²) in [7, 11) is -3.96. The first-order valence-corrected chi connectivity index (χ1v) is 11.0. The molecule has 5 nitrogen and oxygen atoms in total. The Balaban J connectivity index is 2.38. The van der Waals surface area contributed by atoms with Gasteiger partial charge in [0.25, 0.3) is 5.91 Å². The molecule has 0 fully saturated rings. The Morgan fingerprint density at radius 1 is 1.21 bits per heavy atom. The van der Waals surface area contributed by atoms with Gasteiger partial charge in [-0.25, -0.2) is 8.42 Å². The van der Waals surface area contributed by atoms with Gasteiger partial charge in [0.1, 0.15) is 0 Å². The number of carbonyl (C=O) groups excluding carboxylic acids is 1. The number of rotatable bonds is 6. The molecule has 0 spiro atoms. The third kappa shape index (κ3) is 4.88. The molecule has 2 aromatic carbocycles. The van der Waals surface area contributed by atoms with Crippen molar-refractivity contribution in [2.75, 3.05) is 11.1 Å². The quantitative estimate of drug-likeness (QED) is 0.609. The van der Waals surface area contributed by atoms with Crippen molar-refractivity contribution >= 4 is 44.8 Å². The number of thioether (sulfide) groups is 1. The van der Waals surface area contributed by atoms with Crippen LogP contribution < -0.4 is 5.32 Å². The molecule has 11 heteroatoms. The maximum Gasteiger partial charge on any atom is 0.426 e. The van der Waals surface area contributed by atoms with Gasteiger partial charge >= 0.3 is 6.18 Å². The predicted molar refractivity (Wildman–Crippen MR) is 105 cm³/mol. The van der Waals surface area contributed by atoms with Gasteiger partial charge in [-0.1, -0.05) is 30.7 Å². The fourth-order valence-corrected chi connectivity index (χ4v) is 5.07. The third-order valence-electron chi connectivity index (χ3n) is 3.93. The minimum atomic E-state index is -5.20. The lowest BCUT2D eigenvalue weighted by atomic mass is 10.1. The van der Waals surface area contributed by atoms with Crippen molar-refractivity contribution in [3.05, 3.63) is 47.5 Å². The van der Waals surface area contributed by atoms with E-state index in [4.69, 9.17) is 11.6 Å². The molecule has 0 aliphatic heterocycles. The lowest BCUT2D eigenvalue weighted by Gasteiger charge is -2.25. The summed E-state index contributed by atoms with van der Waals surface area (Å²) in [6, 6.07) is 9.59. The number of halogens is 4. The van der Waals surface area contributed by atoms with Crippen molar-refractivity contribution in [3.8, 4) is 0 Å². The van der Waals surface area contributed by atoms with Crippen molar-refractivity contribution in [2.45, 2.75) is 40.3 Å². The van der Waals surface area contributed by atoms with Crippen LogP contribution in [0.4, 0.5) is 18.9 Å². The van der Waals surface area contributed by atoms with Crippen LogP contribution in [0, 0.1) is 0 Å². The van der Waals surface area contributed by atoms with Gasteiger partial charge in [0, 0.05) is 4.90 Å². The molecule has 0 aliphatic carbocycles. The van der Waals surface area contributed by atoms with E-state index in [-0.39, 0.29) is 20.5 Å². The van der Waals surface area contributed by atoms with Crippen LogP contribution in [0.3, 0.4) is 0 Å². The van der Waals surface area contributed by atoms with Gasteiger partial charge in [0.15, 0.2) is 0 Å². The highest BCUT2D eigenvalue weighted by Gasteiger charge is 2.55. The van der Waals surface area contributed by atoms with Crippen LogP contribution in [0.1, 0.15) is 13.8 Å². The van der Waals surface area contributed by atoms with Crippen LogP contribution in [0.2, 0.25) is 5.02 Å². The molecular weight excluding hydrogens is 451 g/mol. The molecule has 0 bridgehead atoms. The first-order chi connectivity index (χ1) is 13.3. The summed E-state index contributed by atoms with van der Waals surface area (Å²) in [5.74, 6) is -1.09. The van der Waals surface area contributed by atoms with Gasteiger partial charge in [-0.2, -0.15) is 13.2 Å². The van der Waals surface area contributed by atoms with Crippen LogP contribution in [-0.2, 0) is 14.6 Å². The molecule has 0 radical (unpaired) electrons. The average Bonchev–Trinajstić information content (AvgIpc) is 2.62. The largest absolute Gasteiger partial charge is 0.426 e. The molecule has 0 saturated carbocycles. The number of aliphatic hydroxyl groups is 1. The van der Waals surface area contributed by atoms with E-state index in [2.05, 4.69) is 0 Å². The summed E-state index contributed by atoms with van der Waals surface area (Å²) in [5.41, 5.74) is -3.91. The topological polar surface area (TPSA) is 83.5 Å². The Bertz CT molecular complexity index is 1020. The number of alkyl halides is 3. The van der Waals surface area contributed by atoms with Crippen LogP contribution in [0.5, 0.6) is 0 Å². The number of amides is 1. The average molecular weight is 468 g/mol. The van der Waals surface area contributed by atoms with Crippen LogP contribution in [0.25, 0.3) is 0 Å². The molecule has 158 valence electrons. The Morgan fingerprint density at radius 3 is 2.38 bits per heavy atom. The number of benzene rings is 2. The summed E-state index contributed by atoms with van der Waals surface area (Å²) in [4.78, 5) is 12.2. The highest BCUT2D eigenvalue weighted by molar-refractivity contribution is 8.00. The fourth-order valence-electron chi connectivity index (χ4n) is 2.21. The highest BCUT2D eigenvalue weighted by Crippen LogP contribution is 2.35. The fraction of sp³-hybridized carbons (Fsp3) is 0.278. The number of nitrogens with one attached hydrogen (secondary N) is 1. The maximum atomic E-state index is 13.0. The SMILES string of the molecule is CCSc1ccccc1S(=O)(=O)c1ccc(NC(=O)[C@@](C)(O)C(F)(F)F)c(Cl)c1. The van der Waals surface area contributed by atoms with E-state index in [1.807, 2.05) is 12.2 Å². The number of carbonyl (C=O) groups is 1. The van der Waals surface area contributed by atoms with Crippen LogP contribution >= 0.6 is 23.4 Å². The Labute approximate surface area is 175 Å². The number of sulfone groups is 1. The molecule has 0 unspecified atom stereocenters. The molecule has 2 rings (SSSR count). The van der Waals surface area contributed by atoms with Gasteiger partial charge in [0.2, 0.25) is 15.4 Å². The number of anilines is 1. The van der Waals surface area contributed by atoms with E-state index in [0.29, 0.717) is 17.6 Å². The van der Waals surface area contributed by atoms with Crippen LogP contribution in [-0.4, -0.2) is 37.0 Å². The zero-order valence-electron chi connectivity index (χ0n) is 15.2. The molecule has 2 N–H and O–H groups in total. The van der Waals surface area contributed by atoms with Crippen molar-refractivity contribution in [1.82, 2.24) is 0 Å². The molecule has 0 saturated heterocycles. The van der Waals surface area contributed by atoms with E-state index in [0.717, 1.165) is 18.2 Å². The highest BCUT2D eigenvalue weighted by atomic mass is 35.5. The molecule has 0 aromatic heterocycles. The molecule has 1 atom stereocenters. The predicted octanol–water partition coefficient (Wildman–Crippen LogP) is 4.54.